The predicted molar refractivity (Wildman–Crippen MR) is 102 cm³/mol. The number of rotatable bonds is 4. The van der Waals surface area contributed by atoms with Crippen LogP contribution < -0.4 is 10.1 Å². The van der Waals surface area contributed by atoms with Gasteiger partial charge in [0.2, 0.25) is 0 Å². The molecule has 0 radical (unpaired) electrons. The highest BCUT2D eigenvalue weighted by Gasteiger charge is 2.49. The molecule has 0 bridgehead atoms. The Kier molecular flexibility index (Phi) is 5.01. The summed E-state index contributed by atoms with van der Waals surface area (Å²) >= 11 is 0. The lowest BCUT2D eigenvalue weighted by atomic mass is 9.75. The van der Waals surface area contributed by atoms with E-state index in [1.165, 1.54) is 0 Å². The third kappa shape index (κ3) is 3.63. The molecular weight excluding hydrogens is 344 g/mol. The fraction of sp³-hybridized carbons (Fsp3) is 0.381. The first kappa shape index (κ1) is 17.8. The minimum Gasteiger partial charge on any atom is -0.455 e. The fourth-order valence-electron chi connectivity index (χ4n) is 3.93. The van der Waals surface area contributed by atoms with Gasteiger partial charge in [-0.2, -0.15) is 0 Å². The van der Waals surface area contributed by atoms with Crippen molar-refractivity contribution in [3.8, 4) is 11.5 Å². The minimum atomic E-state index is -0.240. The zero-order chi connectivity index (χ0) is 18.7. The van der Waals surface area contributed by atoms with E-state index in [0.29, 0.717) is 43.5 Å². The van der Waals surface area contributed by atoms with Crippen LogP contribution in [0, 0.1) is 11.3 Å². The van der Waals surface area contributed by atoms with Crippen molar-refractivity contribution in [2.24, 2.45) is 11.3 Å². The van der Waals surface area contributed by atoms with Crippen LogP contribution in [-0.2, 0) is 4.74 Å². The second-order valence-electron chi connectivity index (χ2n) is 7.26. The summed E-state index contributed by atoms with van der Waals surface area (Å²) < 4.78 is 11.5. The molecule has 142 valence electrons. The van der Waals surface area contributed by atoms with Crippen LogP contribution >= 0.6 is 0 Å². The molecule has 2 saturated heterocycles. The highest BCUT2D eigenvalue weighted by atomic mass is 16.5. The molecule has 2 aliphatic heterocycles. The maximum atomic E-state index is 12.9. The van der Waals surface area contributed by atoms with Crippen LogP contribution in [0.3, 0.4) is 0 Å². The SMILES string of the molecule is O=C(Nc1ccccc1Oc1ccccc1)N1C[C@@H]2COCC[C@]2(CO)C1. The zero-order valence-electron chi connectivity index (χ0n) is 15.1. The molecule has 0 aromatic heterocycles. The summed E-state index contributed by atoms with van der Waals surface area (Å²) in [6.07, 6.45) is 0.783. The molecule has 2 N–H and O–H groups in total. The number of fused-ring (bicyclic) bond motifs is 1. The molecular formula is C21H24N2O4. The molecule has 27 heavy (non-hydrogen) atoms. The number of ether oxygens (including phenoxy) is 2. The van der Waals surface area contributed by atoms with Crippen molar-refractivity contribution in [1.29, 1.82) is 0 Å². The smallest absolute Gasteiger partial charge is 0.321 e. The number of carbonyl (C=O) groups is 1. The van der Waals surface area contributed by atoms with Crippen molar-refractivity contribution in [2.45, 2.75) is 6.42 Å². The highest BCUT2D eigenvalue weighted by Crippen LogP contribution is 2.42. The highest BCUT2D eigenvalue weighted by molar-refractivity contribution is 5.91. The van der Waals surface area contributed by atoms with Gasteiger partial charge in [-0.1, -0.05) is 30.3 Å². The number of nitrogens with zero attached hydrogens (tertiary/aromatic N) is 1. The molecule has 2 aromatic rings. The van der Waals surface area contributed by atoms with Gasteiger partial charge < -0.3 is 24.8 Å². The first-order valence-corrected chi connectivity index (χ1v) is 9.27. The molecule has 0 saturated carbocycles. The topological polar surface area (TPSA) is 71.0 Å². The number of amides is 2. The summed E-state index contributed by atoms with van der Waals surface area (Å²) in [6.45, 7) is 2.45. The fourth-order valence-corrected chi connectivity index (χ4v) is 3.93. The van der Waals surface area contributed by atoms with Gasteiger partial charge in [0.1, 0.15) is 5.75 Å². The number of nitrogens with one attached hydrogen (secondary N) is 1. The van der Waals surface area contributed by atoms with E-state index in [-0.39, 0.29) is 24.0 Å². The monoisotopic (exact) mass is 368 g/mol. The molecule has 0 spiro atoms. The average molecular weight is 368 g/mol. The number of aliphatic hydroxyl groups is 1. The van der Waals surface area contributed by atoms with Gasteiger partial charge in [-0.25, -0.2) is 4.79 Å². The molecule has 6 heteroatoms. The summed E-state index contributed by atoms with van der Waals surface area (Å²) in [5, 5.41) is 12.9. The van der Waals surface area contributed by atoms with Gasteiger partial charge in [0.25, 0.3) is 0 Å². The van der Waals surface area contributed by atoms with E-state index in [9.17, 15) is 9.90 Å². The molecule has 2 heterocycles. The van der Waals surface area contributed by atoms with E-state index in [2.05, 4.69) is 5.32 Å². The lowest BCUT2D eigenvalue weighted by molar-refractivity contribution is -0.0415. The predicted octanol–water partition coefficient (Wildman–Crippen LogP) is 3.34. The number of likely N-dealkylation sites (tertiary alicyclic amines) is 1. The van der Waals surface area contributed by atoms with Gasteiger partial charge in [-0.15, -0.1) is 0 Å². The van der Waals surface area contributed by atoms with Gasteiger partial charge in [-0.3, -0.25) is 0 Å². The van der Waals surface area contributed by atoms with Crippen molar-refractivity contribution in [2.75, 3.05) is 38.2 Å². The normalized spacial score (nSPS) is 24.3. The number of hydrogen-bond acceptors (Lipinski definition) is 4. The Morgan fingerprint density at radius 1 is 1.22 bits per heavy atom. The van der Waals surface area contributed by atoms with Crippen LogP contribution in [-0.4, -0.2) is 48.9 Å². The Balaban J connectivity index is 1.47. The number of urea groups is 1. The number of benzene rings is 2. The standard InChI is InChI=1S/C21H24N2O4/c24-15-21-10-11-26-13-16(21)12-23(14-21)20(25)22-18-8-4-5-9-19(18)27-17-6-2-1-3-7-17/h1-9,16,24H,10-15H2,(H,22,25)/t16-,21-/m1/s1. The summed E-state index contributed by atoms with van der Waals surface area (Å²) in [6, 6.07) is 16.7. The van der Waals surface area contributed by atoms with Gasteiger partial charge in [-0.05, 0) is 30.7 Å². The number of hydrogen-bond donors (Lipinski definition) is 2. The lowest BCUT2D eigenvalue weighted by Gasteiger charge is -2.36. The summed E-state index contributed by atoms with van der Waals surface area (Å²) in [5.74, 6) is 1.48. The van der Waals surface area contributed by atoms with Gasteiger partial charge in [0.05, 0.1) is 18.9 Å². The Bertz CT molecular complexity index is 798. The second kappa shape index (κ2) is 7.58. The van der Waals surface area contributed by atoms with E-state index in [4.69, 9.17) is 9.47 Å². The largest absolute Gasteiger partial charge is 0.455 e. The van der Waals surface area contributed by atoms with Crippen molar-refractivity contribution in [1.82, 2.24) is 4.90 Å². The second-order valence-corrected chi connectivity index (χ2v) is 7.26. The maximum Gasteiger partial charge on any atom is 0.321 e. The molecule has 2 amide bonds. The molecule has 2 atom stereocenters. The van der Waals surface area contributed by atoms with Crippen molar-refractivity contribution in [3.63, 3.8) is 0 Å². The zero-order valence-corrected chi connectivity index (χ0v) is 15.1. The first-order valence-electron chi connectivity index (χ1n) is 9.27. The minimum absolute atomic E-state index is 0.0819. The summed E-state index contributed by atoms with van der Waals surface area (Å²) in [5.41, 5.74) is 0.380. The Hall–Kier alpha value is -2.57. The number of aliphatic hydroxyl groups excluding tert-OH is 1. The van der Waals surface area contributed by atoms with E-state index in [1.807, 2.05) is 54.6 Å². The van der Waals surface area contributed by atoms with Crippen LogP contribution in [0.25, 0.3) is 0 Å². The number of para-hydroxylation sites is 3. The molecule has 6 nitrogen and oxygen atoms in total. The van der Waals surface area contributed by atoms with Crippen LogP contribution in [0.15, 0.2) is 54.6 Å². The molecule has 4 rings (SSSR count). The van der Waals surface area contributed by atoms with Gasteiger partial charge in [0.15, 0.2) is 5.75 Å². The van der Waals surface area contributed by atoms with Crippen molar-refractivity contribution >= 4 is 11.7 Å². The Labute approximate surface area is 158 Å². The number of anilines is 1. The Morgan fingerprint density at radius 3 is 2.78 bits per heavy atom. The molecule has 2 fully saturated rings. The average Bonchev–Trinajstić information content (AvgIpc) is 3.11. The van der Waals surface area contributed by atoms with Crippen LogP contribution in [0.5, 0.6) is 11.5 Å². The maximum absolute atomic E-state index is 12.9. The van der Waals surface area contributed by atoms with E-state index >= 15 is 0 Å². The van der Waals surface area contributed by atoms with Gasteiger partial charge >= 0.3 is 6.03 Å². The van der Waals surface area contributed by atoms with Crippen LogP contribution in [0.2, 0.25) is 0 Å². The van der Waals surface area contributed by atoms with E-state index in [1.54, 1.807) is 4.90 Å². The quantitative estimate of drug-likeness (QED) is 0.868. The lowest BCUT2D eigenvalue weighted by Crippen LogP contribution is -2.41. The molecule has 2 aliphatic rings. The van der Waals surface area contributed by atoms with Crippen molar-refractivity contribution in [3.05, 3.63) is 54.6 Å². The van der Waals surface area contributed by atoms with E-state index < -0.39 is 0 Å². The third-order valence-corrected chi connectivity index (χ3v) is 5.58. The molecule has 0 aliphatic carbocycles. The van der Waals surface area contributed by atoms with Gasteiger partial charge in [0, 0.05) is 31.0 Å². The summed E-state index contributed by atoms with van der Waals surface area (Å²) in [4.78, 5) is 14.6. The van der Waals surface area contributed by atoms with Crippen LogP contribution in [0.4, 0.5) is 10.5 Å². The van der Waals surface area contributed by atoms with E-state index in [0.717, 1.165) is 6.42 Å². The summed E-state index contributed by atoms with van der Waals surface area (Å²) in [7, 11) is 0. The first-order chi connectivity index (χ1) is 13.2. The van der Waals surface area contributed by atoms with Crippen LogP contribution in [0.1, 0.15) is 6.42 Å². The number of carbonyl (C=O) groups excluding carboxylic acids is 1. The molecule has 0 unspecified atom stereocenters. The Morgan fingerprint density at radius 2 is 2.00 bits per heavy atom. The van der Waals surface area contributed by atoms with Crippen molar-refractivity contribution < 1.29 is 19.4 Å². The molecule has 2 aromatic carbocycles. The third-order valence-electron chi connectivity index (χ3n) is 5.58.